The van der Waals surface area contributed by atoms with Crippen molar-refractivity contribution < 1.29 is 4.39 Å². The zero-order chi connectivity index (χ0) is 20.1. The van der Waals surface area contributed by atoms with Gasteiger partial charge in [0.25, 0.3) is 0 Å². The molecular weight excluding hydrogens is 369 g/mol. The fourth-order valence-corrected chi connectivity index (χ4v) is 3.56. The molecule has 0 unspecified atom stereocenters. The summed E-state index contributed by atoms with van der Waals surface area (Å²) in [4.78, 5) is 17.3. The molecule has 1 aromatic carbocycles. The van der Waals surface area contributed by atoms with Gasteiger partial charge in [0.1, 0.15) is 18.0 Å². The van der Waals surface area contributed by atoms with Gasteiger partial charge in [0.05, 0.1) is 5.69 Å². The number of pyridine rings is 1. The molecule has 150 valence electrons. The van der Waals surface area contributed by atoms with Crippen molar-refractivity contribution >= 4 is 11.6 Å². The average molecular weight is 393 g/mol. The highest BCUT2D eigenvalue weighted by Gasteiger charge is 2.21. The van der Waals surface area contributed by atoms with Crippen molar-refractivity contribution in [3.63, 3.8) is 0 Å². The molecule has 29 heavy (non-hydrogen) atoms. The molecule has 0 radical (unpaired) electrons. The van der Waals surface area contributed by atoms with Crippen molar-refractivity contribution in [1.82, 2.24) is 24.8 Å². The molecule has 1 fully saturated rings. The van der Waals surface area contributed by atoms with Crippen molar-refractivity contribution in [3.8, 4) is 5.82 Å². The fraction of sp³-hybridized carbons (Fsp3) is 0.286. The highest BCUT2D eigenvalue weighted by molar-refractivity contribution is 5.80. The van der Waals surface area contributed by atoms with Crippen LogP contribution in [-0.2, 0) is 6.54 Å². The number of hydrogen-bond donors (Lipinski definition) is 1. The van der Waals surface area contributed by atoms with E-state index in [0.717, 1.165) is 43.5 Å². The van der Waals surface area contributed by atoms with Gasteiger partial charge >= 0.3 is 0 Å². The lowest BCUT2D eigenvalue weighted by atomic mass is 10.2. The normalized spacial score (nSPS) is 14.9. The molecule has 7 nitrogen and oxygen atoms in total. The highest BCUT2D eigenvalue weighted by atomic mass is 19.1. The van der Waals surface area contributed by atoms with Crippen molar-refractivity contribution in [2.24, 2.45) is 4.99 Å². The minimum absolute atomic E-state index is 0.174. The Morgan fingerprint density at radius 3 is 2.66 bits per heavy atom. The Kier molecular flexibility index (Phi) is 5.69. The third kappa shape index (κ3) is 4.21. The molecule has 2 aromatic heterocycles. The second-order valence-corrected chi connectivity index (χ2v) is 6.78. The fourth-order valence-electron chi connectivity index (χ4n) is 3.56. The molecule has 0 spiro atoms. The lowest BCUT2D eigenvalue weighted by Gasteiger charge is -2.37. The van der Waals surface area contributed by atoms with E-state index in [-0.39, 0.29) is 5.82 Å². The number of rotatable bonds is 4. The molecule has 0 saturated carbocycles. The summed E-state index contributed by atoms with van der Waals surface area (Å²) in [5.41, 5.74) is 1.71. The van der Waals surface area contributed by atoms with Crippen molar-refractivity contribution in [1.29, 1.82) is 0 Å². The lowest BCUT2D eigenvalue weighted by Crippen LogP contribution is -2.52. The van der Waals surface area contributed by atoms with Crippen molar-refractivity contribution in [2.45, 2.75) is 6.54 Å². The summed E-state index contributed by atoms with van der Waals surface area (Å²) in [5.74, 6) is 1.50. The SMILES string of the molecule is CN=C(NCc1cccnc1-n1ccnc1)N1CCN(c2ccccc2F)CC1. The Morgan fingerprint density at radius 1 is 1.10 bits per heavy atom. The molecule has 1 aliphatic heterocycles. The summed E-state index contributed by atoms with van der Waals surface area (Å²) >= 11 is 0. The molecule has 8 heteroatoms. The molecule has 0 atom stereocenters. The molecule has 1 aliphatic rings. The summed E-state index contributed by atoms with van der Waals surface area (Å²) in [6.45, 7) is 3.63. The molecule has 1 N–H and O–H groups in total. The molecule has 0 aliphatic carbocycles. The van der Waals surface area contributed by atoms with Crippen LogP contribution in [0.4, 0.5) is 10.1 Å². The molecule has 4 rings (SSSR count). The summed E-state index contributed by atoms with van der Waals surface area (Å²) in [6.07, 6.45) is 7.13. The number of nitrogens with one attached hydrogen (secondary N) is 1. The van der Waals surface area contributed by atoms with Crippen LogP contribution in [0.5, 0.6) is 0 Å². The molecule has 0 bridgehead atoms. The van der Waals surface area contributed by atoms with E-state index in [1.807, 2.05) is 35.0 Å². The first kappa shape index (κ1) is 18.9. The van der Waals surface area contributed by atoms with Crippen molar-refractivity contribution in [3.05, 3.63) is 72.7 Å². The largest absolute Gasteiger partial charge is 0.366 e. The molecule has 1 saturated heterocycles. The van der Waals surface area contributed by atoms with Gasteiger partial charge in [-0.25, -0.2) is 14.4 Å². The third-order valence-electron chi connectivity index (χ3n) is 5.04. The zero-order valence-electron chi connectivity index (χ0n) is 16.4. The predicted molar refractivity (Wildman–Crippen MR) is 112 cm³/mol. The van der Waals surface area contributed by atoms with Gasteiger partial charge in [-0.3, -0.25) is 9.56 Å². The second-order valence-electron chi connectivity index (χ2n) is 6.78. The van der Waals surface area contributed by atoms with E-state index >= 15 is 0 Å². The number of halogens is 1. The van der Waals surface area contributed by atoms with Gasteiger partial charge in [0.15, 0.2) is 5.96 Å². The third-order valence-corrected chi connectivity index (χ3v) is 5.04. The summed E-state index contributed by atoms with van der Waals surface area (Å²) in [5, 5.41) is 3.43. The van der Waals surface area contributed by atoms with Crippen molar-refractivity contribution in [2.75, 3.05) is 38.1 Å². The van der Waals surface area contributed by atoms with E-state index in [9.17, 15) is 4.39 Å². The number of aromatic nitrogens is 3. The van der Waals surface area contributed by atoms with Gasteiger partial charge in [-0.2, -0.15) is 0 Å². The van der Waals surface area contributed by atoms with Crippen LogP contribution >= 0.6 is 0 Å². The van der Waals surface area contributed by atoms with E-state index in [4.69, 9.17) is 0 Å². The van der Waals surface area contributed by atoms with Crippen LogP contribution in [0.3, 0.4) is 0 Å². The predicted octanol–water partition coefficient (Wildman–Crippen LogP) is 2.30. The van der Waals surface area contributed by atoms with Crippen LogP contribution in [0.15, 0.2) is 66.3 Å². The molecule has 0 amide bonds. The number of benzene rings is 1. The van der Waals surface area contributed by atoms with Crippen LogP contribution in [0.1, 0.15) is 5.56 Å². The van der Waals surface area contributed by atoms with Gasteiger partial charge in [-0.1, -0.05) is 18.2 Å². The summed E-state index contributed by atoms with van der Waals surface area (Å²) < 4.78 is 16.0. The summed E-state index contributed by atoms with van der Waals surface area (Å²) in [6, 6.07) is 10.9. The first-order valence-electron chi connectivity index (χ1n) is 9.63. The topological polar surface area (TPSA) is 61.6 Å². The Hall–Kier alpha value is -3.42. The Balaban J connectivity index is 1.39. The minimum atomic E-state index is -0.174. The highest BCUT2D eigenvalue weighted by Crippen LogP contribution is 2.20. The number of para-hydroxylation sites is 1. The van der Waals surface area contributed by atoms with E-state index in [0.29, 0.717) is 12.2 Å². The zero-order valence-corrected chi connectivity index (χ0v) is 16.4. The van der Waals surface area contributed by atoms with Crippen LogP contribution < -0.4 is 10.2 Å². The maximum Gasteiger partial charge on any atom is 0.194 e. The van der Waals surface area contributed by atoms with E-state index in [2.05, 4.69) is 30.1 Å². The lowest BCUT2D eigenvalue weighted by molar-refractivity contribution is 0.370. The first-order valence-corrected chi connectivity index (χ1v) is 9.63. The second kappa shape index (κ2) is 8.72. The van der Waals surface area contributed by atoms with Crippen LogP contribution in [0.25, 0.3) is 5.82 Å². The number of aliphatic imine (C=N–C) groups is 1. The van der Waals surface area contributed by atoms with Gasteiger partial charge < -0.3 is 15.1 Å². The maximum atomic E-state index is 14.1. The Bertz CT molecular complexity index is 963. The number of nitrogens with zero attached hydrogens (tertiary/aromatic N) is 6. The monoisotopic (exact) mass is 393 g/mol. The Labute approximate surface area is 169 Å². The number of imidazole rings is 1. The number of piperazine rings is 1. The van der Waals surface area contributed by atoms with E-state index in [1.165, 1.54) is 6.07 Å². The quantitative estimate of drug-likeness (QED) is 0.544. The maximum absolute atomic E-state index is 14.1. The molecule has 3 heterocycles. The van der Waals surface area contributed by atoms with Crippen LogP contribution in [-0.4, -0.2) is 58.6 Å². The molecule has 3 aromatic rings. The summed E-state index contributed by atoms with van der Waals surface area (Å²) in [7, 11) is 1.78. The van der Waals surface area contributed by atoms with E-state index < -0.39 is 0 Å². The molecular formula is C21H24FN7. The number of guanidine groups is 1. The van der Waals surface area contributed by atoms with Gasteiger partial charge in [-0.05, 0) is 18.2 Å². The smallest absolute Gasteiger partial charge is 0.194 e. The number of anilines is 1. The van der Waals surface area contributed by atoms with Gasteiger partial charge in [0, 0.05) is 63.9 Å². The average Bonchev–Trinajstić information content (AvgIpc) is 3.30. The standard InChI is InChI=1S/C21H24FN7/c1-23-21(26-15-17-5-4-8-25-20(17)29-10-9-24-16-29)28-13-11-27(12-14-28)19-7-3-2-6-18(19)22/h2-10,16H,11-15H2,1H3,(H,23,26). The Morgan fingerprint density at radius 2 is 1.93 bits per heavy atom. The number of hydrogen-bond acceptors (Lipinski definition) is 4. The van der Waals surface area contributed by atoms with Crippen LogP contribution in [0, 0.1) is 5.82 Å². The first-order chi connectivity index (χ1) is 14.3. The van der Waals surface area contributed by atoms with E-state index in [1.54, 1.807) is 31.8 Å². The minimum Gasteiger partial charge on any atom is -0.366 e. The van der Waals surface area contributed by atoms with Gasteiger partial charge in [-0.15, -0.1) is 0 Å². The van der Waals surface area contributed by atoms with Gasteiger partial charge in [0.2, 0.25) is 0 Å². The van der Waals surface area contributed by atoms with Crippen LogP contribution in [0.2, 0.25) is 0 Å².